The molecule has 9 heteroatoms. The Kier molecular flexibility index (Phi) is 6.61. The Bertz CT molecular complexity index is 740. The molecule has 1 aliphatic rings. The van der Waals surface area contributed by atoms with Crippen LogP contribution in [0.2, 0.25) is 0 Å². The van der Waals surface area contributed by atoms with Crippen LogP contribution in [-0.2, 0) is 23.8 Å². The molecule has 0 aromatic heterocycles. The van der Waals surface area contributed by atoms with E-state index in [1.807, 2.05) is 0 Å². The quantitative estimate of drug-likeness (QED) is 0.463. The second-order valence-electron chi connectivity index (χ2n) is 7.27. The van der Waals surface area contributed by atoms with Gasteiger partial charge in [-0.2, -0.15) is 0 Å². The van der Waals surface area contributed by atoms with Crippen LogP contribution >= 0.6 is 0 Å². The minimum atomic E-state index is -0.892. The molecule has 1 saturated heterocycles. The van der Waals surface area contributed by atoms with Gasteiger partial charge in [-0.3, -0.25) is 9.69 Å². The van der Waals surface area contributed by atoms with Gasteiger partial charge in [0.25, 0.3) is 0 Å². The first kappa shape index (κ1) is 21.2. The van der Waals surface area contributed by atoms with Crippen molar-refractivity contribution in [3.63, 3.8) is 0 Å². The van der Waals surface area contributed by atoms with E-state index in [4.69, 9.17) is 14.2 Å². The minimum absolute atomic E-state index is 0.0190. The normalized spacial score (nSPS) is 18.9. The molecule has 0 spiro atoms. The number of nitrogens with zero attached hydrogens (tertiary/aromatic N) is 1. The lowest BCUT2D eigenvalue weighted by atomic mass is 10.2. The number of hydrogen-bond donors (Lipinski definition) is 1. The van der Waals surface area contributed by atoms with Crippen molar-refractivity contribution in [1.82, 2.24) is 4.90 Å². The molecular weight excluding hydrogens is 368 g/mol. The zero-order valence-corrected chi connectivity index (χ0v) is 16.3. The van der Waals surface area contributed by atoms with Crippen LogP contribution in [0.3, 0.4) is 0 Å². The van der Waals surface area contributed by atoms with Crippen molar-refractivity contribution in [3.8, 4) is 0 Å². The summed E-state index contributed by atoms with van der Waals surface area (Å²) >= 11 is 0. The number of carbonyl (C=O) groups excluding carboxylic acids is 4. The van der Waals surface area contributed by atoms with Gasteiger partial charge in [0.05, 0.1) is 19.2 Å². The van der Waals surface area contributed by atoms with Crippen LogP contribution < -0.4 is 5.32 Å². The molecule has 1 aromatic carbocycles. The first-order valence-corrected chi connectivity index (χ1v) is 8.73. The molecule has 28 heavy (non-hydrogen) atoms. The van der Waals surface area contributed by atoms with E-state index in [9.17, 15) is 19.2 Å². The maximum atomic E-state index is 12.4. The number of amides is 2. The van der Waals surface area contributed by atoms with E-state index in [1.54, 1.807) is 32.9 Å². The summed E-state index contributed by atoms with van der Waals surface area (Å²) in [6.07, 6.45) is -0.713. The predicted molar refractivity (Wildman–Crippen MR) is 98.7 cm³/mol. The summed E-state index contributed by atoms with van der Waals surface area (Å²) in [6.45, 7) is 5.17. The van der Waals surface area contributed by atoms with E-state index in [0.717, 1.165) is 0 Å². The maximum Gasteiger partial charge on any atom is 0.411 e. The molecule has 1 fully saturated rings. The van der Waals surface area contributed by atoms with Gasteiger partial charge in [-0.05, 0) is 45.0 Å². The Morgan fingerprint density at radius 2 is 1.82 bits per heavy atom. The highest BCUT2D eigenvalue weighted by atomic mass is 16.6. The minimum Gasteiger partial charge on any atom is -0.467 e. The van der Waals surface area contributed by atoms with Gasteiger partial charge in [-0.15, -0.1) is 0 Å². The predicted octanol–water partition coefficient (Wildman–Crippen LogP) is 1.96. The van der Waals surface area contributed by atoms with E-state index >= 15 is 0 Å². The fourth-order valence-electron chi connectivity index (χ4n) is 2.75. The molecule has 1 aromatic rings. The fraction of sp³-hybridized carbons (Fsp3) is 0.474. The summed E-state index contributed by atoms with van der Waals surface area (Å²) in [5.74, 6) is -1.20. The van der Waals surface area contributed by atoms with Crippen molar-refractivity contribution >= 4 is 30.1 Å². The molecule has 0 radical (unpaired) electrons. The van der Waals surface area contributed by atoms with Crippen LogP contribution in [0, 0.1) is 0 Å². The second-order valence-corrected chi connectivity index (χ2v) is 7.27. The highest BCUT2D eigenvalue weighted by Gasteiger charge is 2.43. The van der Waals surface area contributed by atoms with Crippen LogP contribution in [0.1, 0.15) is 37.6 Å². The summed E-state index contributed by atoms with van der Waals surface area (Å²) in [4.78, 5) is 48.5. The SMILES string of the molecule is COC(=O)[C@@H]1C[C@H](OC(=O)c2ccc(NC=O)cc2)CN1C(=O)OC(C)(C)C. The van der Waals surface area contributed by atoms with Gasteiger partial charge >= 0.3 is 18.0 Å². The van der Waals surface area contributed by atoms with Crippen LogP contribution in [0.5, 0.6) is 0 Å². The van der Waals surface area contributed by atoms with E-state index in [1.165, 1.54) is 24.1 Å². The first-order chi connectivity index (χ1) is 13.1. The Morgan fingerprint density at radius 3 is 2.36 bits per heavy atom. The average Bonchev–Trinajstić information content (AvgIpc) is 3.04. The number of nitrogens with one attached hydrogen (secondary N) is 1. The molecular formula is C19H24N2O7. The monoisotopic (exact) mass is 392 g/mol. The number of rotatable bonds is 5. The summed E-state index contributed by atoms with van der Waals surface area (Å²) in [5, 5.41) is 2.47. The number of carbonyl (C=O) groups is 4. The Balaban J connectivity index is 2.07. The lowest BCUT2D eigenvalue weighted by molar-refractivity contribution is -0.145. The summed E-state index contributed by atoms with van der Waals surface area (Å²) in [6, 6.07) is 5.24. The molecule has 152 valence electrons. The van der Waals surface area contributed by atoms with E-state index in [-0.39, 0.29) is 18.5 Å². The van der Waals surface area contributed by atoms with E-state index in [2.05, 4.69) is 5.32 Å². The average molecular weight is 392 g/mol. The zero-order valence-electron chi connectivity index (χ0n) is 16.3. The summed E-state index contributed by atoms with van der Waals surface area (Å²) < 4.78 is 15.5. The third kappa shape index (κ3) is 5.45. The fourth-order valence-corrected chi connectivity index (χ4v) is 2.75. The maximum absolute atomic E-state index is 12.4. The largest absolute Gasteiger partial charge is 0.467 e. The number of anilines is 1. The van der Waals surface area contributed by atoms with Crippen LogP contribution in [0.4, 0.5) is 10.5 Å². The third-order valence-electron chi connectivity index (χ3n) is 3.98. The number of ether oxygens (including phenoxy) is 3. The van der Waals surface area contributed by atoms with Crippen molar-refractivity contribution < 1.29 is 33.4 Å². The molecule has 2 rings (SSSR count). The molecule has 0 saturated carbocycles. The van der Waals surface area contributed by atoms with Crippen LogP contribution in [0.15, 0.2) is 24.3 Å². The Hall–Kier alpha value is -3.10. The van der Waals surface area contributed by atoms with Gasteiger partial charge in [0.2, 0.25) is 6.41 Å². The van der Waals surface area contributed by atoms with E-state index < -0.39 is 35.8 Å². The Labute approximate surface area is 162 Å². The third-order valence-corrected chi connectivity index (χ3v) is 3.98. The number of likely N-dealkylation sites (tertiary alicyclic amines) is 1. The smallest absolute Gasteiger partial charge is 0.411 e. The van der Waals surface area contributed by atoms with Gasteiger partial charge in [0, 0.05) is 12.1 Å². The molecule has 0 aliphatic carbocycles. The van der Waals surface area contributed by atoms with Crippen molar-refractivity contribution in [2.24, 2.45) is 0 Å². The number of methoxy groups -OCH3 is 1. The molecule has 0 unspecified atom stereocenters. The topological polar surface area (TPSA) is 111 Å². The molecule has 1 N–H and O–H groups in total. The summed E-state index contributed by atoms with van der Waals surface area (Å²) in [5.41, 5.74) is 0.0835. The second kappa shape index (κ2) is 8.73. The van der Waals surface area contributed by atoms with Gasteiger partial charge in [-0.25, -0.2) is 14.4 Å². The molecule has 2 amide bonds. The zero-order chi connectivity index (χ0) is 20.9. The number of hydrogen-bond acceptors (Lipinski definition) is 7. The van der Waals surface area contributed by atoms with E-state index in [0.29, 0.717) is 12.1 Å². The van der Waals surface area contributed by atoms with Gasteiger partial charge in [0.15, 0.2) is 0 Å². The van der Waals surface area contributed by atoms with Crippen LogP contribution in [0.25, 0.3) is 0 Å². The van der Waals surface area contributed by atoms with Crippen molar-refractivity contribution in [2.75, 3.05) is 19.0 Å². The first-order valence-electron chi connectivity index (χ1n) is 8.73. The number of benzene rings is 1. The number of esters is 2. The van der Waals surface area contributed by atoms with Gasteiger partial charge < -0.3 is 19.5 Å². The molecule has 2 atom stereocenters. The van der Waals surface area contributed by atoms with Gasteiger partial charge in [-0.1, -0.05) is 0 Å². The molecule has 9 nitrogen and oxygen atoms in total. The van der Waals surface area contributed by atoms with Crippen molar-refractivity contribution in [2.45, 2.75) is 44.9 Å². The molecule has 1 aliphatic heterocycles. The lowest BCUT2D eigenvalue weighted by Gasteiger charge is -2.27. The highest BCUT2D eigenvalue weighted by molar-refractivity contribution is 5.90. The lowest BCUT2D eigenvalue weighted by Crippen LogP contribution is -2.44. The highest BCUT2D eigenvalue weighted by Crippen LogP contribution is 2.25. The molecule has 0 bridgehead atoms. The van der Waals surface area contributed by atoms with Gasteiger partial charge in [0.1, 0.15) is 17.7 Å². The van der Waals surface area contributed by atoms with Crippen molar-refractivity contribution in [1.29, 1.82) is 0 Å². The Morgan fingerprint density at radius 1 is 1.18 bits per heavy atom. The van der Waals surface area contributed by atoms with Crippen molar-refractivity contribution in [3.05, 3.63) is 29.8 Å². The molecule has 1 heterocycles. The van der Waals surface area contributed by atoms with Crippen LogP contribution in [-0.4, -0.2) is 60.7 Å². The summed E-state index contributed by atoms with van der Waals surface area (Å²) in [7, 11) is 1.23. The standard InChI is InChI=1S/C19H24N2O7/c1-19(2,3)28-18(25)21-10-14(9-15(21)17(24)26-4)27-16(23)12-5-7-13(8-6-12)20-11-22/h5-8,11,14-15H,9-10H2,1-4H3,(H,20,22)/t14-,15-/m0/s1.